The number of nitrogens with zero attached hydrogens (tertiary/aromatic N) is 2. The van der Waals surface area contributed by atoms with E-state index < -0.39 is 0 Å². The molecule has 158 valence electrons. The summed E-state index contributed by atoms with van der Waals surface area (Å²) in [6.45, 7) is 6.10. The third kappa shape index (κ3) is 3.52. The molecule has 4 aliphatic carbocycles. The number of hydrogen-bond acceptors (Lipinski definition) is 4. The molecule has 1 heterocycles. The van der Waals surface area contributed by atoms with Crippen LogP contribution in [-0.2, 0) is 4.79 Å². The summed E-state index contributed by atoms with van der Waals surface area (Å²) in [5.74, 6) is 3.72. The van der Waals surface area contributed by atoms with E-state index >= 15 is 0 Å². The maximum Gasteiger partial charge on any atom is 0.226 e. The van der Waals surface area contributed by atoms with Gasteiger partial charge in [0.15, 0.2) is 0 Å². The molecule has 0 radical (unpaired) electrons. The van der Waals surface area contributed by atoms with Gasteiger partial charge in [0.25, 0.3) is 0 Å². The van der Waals surface area contributed by atoms with Gasteiger partial charge in [0.1, 0.15) is 5.75 Å². The number of methoxy groups -OCH3 is 1. The summed E-state index contributed by atoms with van der Waals surface area (Å²) in [5.41, 5.74) is 1.22. The van der Waals surface area contributed by atoms with Crippen LogP contribution in [0.1, 0.15) is 38.5 Å². The number of benzene rings is 1. The molecule has 4 bridgehead atoms. The Bertz CT molecular complexity index is 729. The molecule has 0 aromatic heterocycles. The van der Waals surface area contributed by atoms with Crippen LogP contribution >= 0.6 is 0 Å². The van der Waals surface area contributed by atoms with Crippen molar-refractivity contribution in [2.24, 2.45) is 23.2 Å². The Morgan fingerprint density at radius 3 is 2.55 bits per heavy atom. The molecule has 1 aromatic rings. The molecule has 5 heteroatoms. The molecule has 1 saturated heterocycles. The number of hydrogen-bond donors (Lipinski definition) is 1. The molecule has 29 heavy (non-hydrogen) atoms. The number of carbonyl (C=O) groups is 1. The van der Waals surface area contributed by atoms with E-state index in [0.29, 0.717) is 11.8 Å². The lowest BCUT2D eigenvalue weighted by atomic mass is 9.75. The highest BCUT2D eigenvalue weighted by Crippen LogP contribution is 2.65. The van der Waals surface area contributed by atoms with Crippen molar-refractivity contribution >= 4 is 11.6 Å². The number of nitrogens with one attached hydrogen (secondary N) is 1. The first-order valence-corrected chi connectivity index (χ1v) is 11.6. The minimum atomic E-state index is 0.0218. The Morgan fingerprint density at radius 1 is 1.10 bits per heavy atom. The SMILES string of the molecule is COc1ccccc1N1CCN(CCCNC(=O)C23CC4CC(CC2C4)C3)CC1. The summed E-state index contributed by atoms with van der Waals surface area (Å²) in [7, 11) is 1.74. The molecule has 2 unspecified atom stereocenters. The predicted molar refractivity (Wildman–Crippen MR) is 115 cm³/mol. The molecule has 2 atom stereocenters. The fraction of sp³-hybridized carbons (Fsp3) is 0.708. The molecular formula is C24H35N3O2. The Hall–Kier alpha value is -1.75. The van der Waals surface area contributed by atoms with Crippen LogP contribution in [0.4, 0.5) is 5.69 Å². The smallest absolute Gasteiger partial charge is 0.226 e. The average molecular weight is 398 g/mol. The zero-order valence-corrected chi connectivity index (χ0v) is 17.7. The Kier molecular flexibility index (Phi) is 5.19. The van der Waals surface area contributed by atoms with Crippen LogP contribution in [-0.4, -0.2) is 57.2 Å². The molecule has 1 aromatic carbocycles. The van der Waals surface area contributed by atoms with E-state index in [0.717, 1.165) is 63.3 Å². The van der Waals surface area contributed by atoms with Crippen LogP contribution < -0.4 is 15.0 Å². The van der Waals surface area contributed by atoms with Crippen LogP contribution in [0.5, 0.6) is 5.75 Å². The summed E-state index contributed by atoms with van der Waals surface area (Å²) in [4.78, 5) is 17.9. The molecule has 6 rings (SSSR count). The van der Waals surface area contributed by atoms with Crippen LogP contribution in [0.2, 0.25) is 0 Å². The normalized spacial score (nSPS) is 33.3. The molecular weight excluding hydrogens is 362 g/mol. The van der Waals surface area contributed by atoms with Gasteiger partial charge in [-0.25, -0.2) is 0 Å². The topological polar surface area (TPSA) is 44.8 Å². The third-order valence-corrected chi connectivity index (χ3v) is 8.18. The van der Waals surface area contributed by atoms with Crippen molar-refractivity contribution in [1.29, 1.82) is 0 Å². The summed E-state index contributed by atoms with van der Waals surface area (Å²) < 4.78 is 5.51. The second kappa shape index (κ2) is 7.82. The zero-order valence-electron chi connectivity index (χ0n) is 17.7. The molecule has 1 N–H and O–H groups in total. The van der Waals surface area contributed by atoms with E-state index in [-0.39, 0.29) is 5.41 Å². The molecule has 1 amide bonds. The Balaban J connectivity index is 1.04. The van der Waals surface area contributed by atoms with Gasteiger partial charge in [-0.15, -0.1) is 0 Å². The molecule has 1 aliphatic heterocycles. The quantitative estimate of drug-likeness (QED) is 0.718. The number of carbonyl (C=O) groups excluding carboxylic acids is 1. The van der Waals surface area contributed by atoms with Gasteiger partial charge < -0.3 is 15.0 Å². The summed E-state index contributed by atoms with van der Waals surface area (Å²) in [5, 5.41) is 3.32. The van der Waals surface area contributed by atoms with Gasteiger partial charge in [-0.05, 0) is 75.0 Å². The maximum atomic E-state index is 13.0. The molecule has 5 aliphatic rings. The van der Waals surface area contributed by atoms with Crippen LogP contribution in [0.3, 0.4) is 0 Å². The second-order valence-corrected chi connectivity index (χ2v) is 9.81. The van der Waals surface area contributed by atoms with Gasteiger partial charge in [0, 0.05) is 32.7 Å². The Morgan fingerprint density at radius 2 is 1.83 bits per heavy atom. The first-order valence-electron chi connectivity index (χ1n) is 11.6. The number of piperazine rings is 1. The lowest BCUT2D eigenvalue weighted by Crippen LogP contribution is -2.47. The number of amides is 1. The number of ether oxygens (including phenoxy) is 1. The van der Waals surface area contributed by atoms with E-state index in [9.17, 15) is 4.79 Å². The fourth-order valence-corrected chi connectivity index (χ4v) is 6.95. The van der Waals surface area contributed by atoms with Crippen LogP contribution in [0.25, 0.3) is 0 Å². The van der Waals surface area contributed by atoms with E-state index in [2.05, 4.69) is 27.2 Å². The van der Waals surface area contributed by atoms with Crippen LogP contribution in [0, 0.1) is 23.2 Å². The maximum absolute atomic E-state index is 13.0. The van der Waals surface area contributed by atoms with Crippen LogP contribution in [0.15, 0.2) is 24.3 Å². The molecule has 4 saturated carbocycles. The highest BCUT2D eigenvalue weighted by Gasteiger charge is 2.61. The van der Waals surface area contributed by atoms with Crippen molar-refractivity contribution < 1.29 is 9.53 Å². The number of para-hydroxylation sites is 2. The third-order valence-electron chi connectivity index (χ3n) is 8.18. The standard InChI is InChI=1S/C24H35N3O2/c1-29-22-6-3-2-5-21(22)27-11-9-26(10-12-27)8-4-7-25-23(28)24-16-18-13-19(17-24)15-20(24)14-18/h2-3,5-6,18-20H,4,7-17H2,1H3,(H,25,28). The summed E-state index contributed by atoms with van der Waals surface area (Å²) in [6, 6.07) is 8.28. The van der Waals surface area contributed by atoms with Gasteiger partial charge >= 0.3 is 0 Å². The minimum Gasteiger partial charge on any atom is -0.495 e. The van der Waals surface area contributed by atoms with Crippen molar-refractivity contribution in [3.8, 4) is 5.75 Å². The van der Waals surface area contributed by atoms with Crippen molar-refractivity contribution in [3.05, 3.63) is 24.3 Å². The lowest BCUT2D eigenvalue weighted by Gasteiger charge is -2.36. The predicted octanol–water partition coefficient (Wildman–Crippen LogP) is 3.15. The summed E-state index contributed by atoms with van der Waals surface area (Å²) in [6.07, 6.45) is 7.43. The van der Waals surface area contributed by atoms with Gasteiger partial charge in [-0.2, -0.15) is 0 Å². The van der Waals surface area contributed by atoms with E-state index in [1.807, 2.05) is 12.1 Å². The second-order valence-electron chi connectivity index (χ2n) is 9.81. The fourth-order valence-electron chi connectivity index (χ4n) is 6.95. The van der Waals surface area contributed by atoms with Gasteiger partial charge in [-0.3, -0.25) is 9.69 Å². The highest BCUT2D eigenvalue weighted by molar-refractivity contribution is 5.84. The average Bonchev–Trinajstić information content (AvgIpc) is 3.16. The zero-order chi connectivity index (χ0) is 19.8. The summed E-state index contributed by atoms with van der Waals surface area (Å²) >= 11 is 0. The van der Waals surface area contributed by atoms with Gasteiger partial charge in [0.05, 0.1) is 18.2 Å². The number of anilines is 1. The molecule has 5 fully saturated rings. The van der Waals surface area contributed by atoms with E-state index in [1.54, 1.807) is 7.11 Å². The molecule has 5 nitrogen and oxygen atoms in total. The van der Waals surface area contributed by atoms with Crippen molar-refractivity contribution in [1.82, 2.24) is 10.2 Å². The van der Waals surface area contributed by atoms with E-state index in [1.165, 1.54) is 37.8 Å². The van der Waals surface area contributed by atoms with Crippen molar-refractivity contribution in [2.45, 2.75) is 38.5 Å². The van der Waals surface area contributed by atoms with Gasteiger partial charge in [0.2, 0.25) is 5.91 Å². The van der Waals surface area contributed by atoms with E-state index in [4.69, 9.17) is 4.74 Å². The first-order chi connectivity index (χ1) is 14.2. The first kappa shape index (κ1) is 19.2. The minimum absolute atomic E-state index is 0.0218. The van der Waals surface area contributed by atoms with Crippen molar-refractivity contribution in [2.75, 3.05) is 51.3 Å². The highest BCUT2D eigenvalue weighted by atomic mass is 16.5. The van der Waals surface area contributed by atoms with Gasteiger partial charge in [-0.1, -0.05) is 12.1 Å². The van der Waals surface area contributed by atoms with Crippen molar-refractivity contribution in [3.63, 3.8) is 0 Å². The number of rotatable bonds is 7. The molecule has 0 spiro atoms. The largest absolute Gasteiger partial charge is 0.495 e. The Labute approximate surface area is 174 Å². The lowest BCUT2D eigenvalue weighted by molar-refractivity contribution is -0.132. The monoisotopic (exact) mass is 397 g/mol.